The number of hydrogen-bond donors (Lipinski definition) is 1. The average molecular weight is 334 g/mol. The number of nitrogens with one attached hydrogen (secondary N) is 1. The summed E-state index contributed by atoms with van der Waals surface area (Å²) in [5, 5.41) is 3.32. The third-order valence-electron chi connectivity index (χ3n) is 2.61. The number of alkyl halides is 1. The van der Waals surface area contributed by atoms with E-state index in [2.05, 4.69) is 21.2 Å². The highest BCUT2D eigenvalue weighted by Crippen LogP contribution is 2.21. The van der Waals surface area contributed by atoms with E-state index < -0.39 is 11.7 Å². The highest BCUT2D eigenvalue weighted by molar-refractivity contribution is 9.09. The Labute approximate surface area is 120 Å². The fourth-order valence-electron chi connectivity index (χ4n) is 1.60. The first-order chi connectivity index (χ1) is 9.13. The number of carbonyl (C=O) groups excluding carboxylic acids is 1. The smallest absolute Gasteiger partial charge is 0.258 e. The Hall–Kier alpha value is -1.14. The van der Waals surface area contributed by atoms with Crippen molar-refractivity contribution in [2.75, 3.05) is 26.2 Å². The van der Waals surface area contributed by atoms with Crippen molar-refractivity contribution in [3.63, 3.8) is 0 Å². The van der Waals surface area contributed by atoms with Crippen LogP contribution in [-0.4, -0.2) is 38.1 Å². The lowest BCUT2D eigenvalue weighted by Gasteiger charge is -2.17. The molecule has 0 saturated heterocycles. The van der Waals surface area contributed by atoms with Gasteiger partial charge in [-0.3, -0.25) is 4.79 Å². The van der Waals surface area contributed by atoms with Crippen LogP contribution < -0.4 is 10.1 Å². The van der Waals surface area contributed by atoms with Gasteiger partial charge in [-0.25, -0.2) is 4.39 Å². The Balaban J connectivity index is 2.82. The number of amides is 1. The molecular formula is C13H17BrFNO3. The van der Waals surface area contributed by atoms with Gasteiger partial charge < -0.3 is 14.8 Å². The number of benzene rings is 1. The van der Waals surface area contributed by atoms with E-state index in [1.54, 1.807) is 13.2 Å². The van der Waals surface area contributed by atoms with Gasteiger partial charge in [0.05, 0.1) is 7.11 Å². The summed E-state index contributed by atoms with van der Waals surface area (Å²) in [6, 6.07) is 4.15. The highest BCUT2D eigenvalue weighted by Gasteiger charge is 2.20. The van der Waals surface area contributed by atoms with Gasteiger partial charge in [-0.15, -0.1) is 0 Å². The van der Waals surface area contributed by atoms with Crippen molar-refractivity contribution >= 4 is 21.8 Å². The van der Waals surface area contributed by atoms with Crippen molar-refractivity contribution in [1.29, 1.82) is 0 Å². The quantitative estimate of drug-likeness (QED) is 0.779. The zero-order chi connectivity index (χ0) is 14.3. The molecule has 0 aromatic heterocycles. The van der Waals surface area contributed by atoms with Crippen molar-refractivity contribution in [1.82, 2.24) is 5.32 Å². The summed E-state index contributed by atoms with van der Waals surface area (Å²) >= 11 is 3.31. The SMILES string of the molecule is COCCC(CBr)NC(=O)c1c(F)cccc1OC. The molecular weight excluding hydrogens is 317 g/mol. The number of hydrogen-bond acceptors (Lipinski definition) is 3. The van der Waals surface area contributed by atoms with E-state index in [-0.39, 0.29) is 17.4 Å². The molecule has 0 aliphatic rings. The second-order valence-electron chi connectivity index (χ2n) is 3.92. The van der Waals surface area contributed by atoms with Crippen LogP contribution in [0.1, 0.15) is 16.8 Å². The molecule has 19 heavy (non-hydrogen) atoms. The van der Waals surface area contributed by atoms with Crippen molar-refractivity contribution in [3.8, 4) is 5.75 Å². The van der Waals surface area contributed by atoms with Crippen LogP contribution in [0.2, 0.25) is 0 Å². The molecule has 0 fully saturated rings. The van der Waals surface area contributed by atoms with Gasteiger partial charge in [0.2, 0.25) is 0 Å². The summed E-state index contributed by atoms with van der Waals surface area (Å²) in [5.74, 6) is -0.870. The zero-order valence-electron chi connectivity index (χ0n) is 10.9. The molecule has 1 aromatic rings. The molecule has 1 amide bonds. The van der Waals surface area contributed by atoms with Gasteiger partial charge in [-0.2, -0.15) is 0 Å². The molecule has 106 valence electrons. The maximum atomic E-state index is 13.7. The third-order valence-corrected chi connectivity index (χ3v) is 3.40. The minimum Gasteiger partial charge on any atom is -0.496 e. The van der Waals surface area contributed by atoms with Crippen molar-refractivity contribution in [2.45, 2.75) is 12.5 Å². The minimum atomic E-state index is -0.600. The lowest BCUT2D eigenvalue weighted by Crippen LogP contribution is -2.37. The molecule has 0 heterocycles. The molecule has 0 spiro atoms. The molecule has 6 heteroatoms. The van der Waals surface area contributed by atoms with Crippen LogP contribution in [0.3, 0.4) is 0 Å². The van der Waals surface area contributed by atoms with E-state index in [0.717, 1.165) is 0 Å². The molecule has 0 saturated carbocycles. The minimum absolute atomic E-state index is 0.0756. The first-order valence-electron chi connectivity index (χ1n) is 5.82. The van der Waals surface area contributed by atoms with Crippen LogP contribution >= 0.6 is 15.9 Å². The molecule has 1 atom stereocenters. The van der Waals surface area contributed by atoms with Gasteiger partial charge in [0.1, 0.15) is 17.1 Å². The van der Waals surface area contributed by atoms with Crippen molar-refractivity contribution in [3.05, 3.63) is 29.6 Å². The lowest BCUT2D eigenvalue weighted by molar-refractivity contribution is 0.0923. The van der Waals surface area contributed by atoms with Crippen molar-refractivity contribution < 1.29 is 18.7 Å². The predicted molar refractivity (Wildman–Crippen MR) is 74.5 cm³/mol. The van der Waals surface area contributed by atoms with E-state index in [0.29, 0.717) is 18.4 Å². The van der Waals surface area contributed by atoms with Crippen LogP contribution in [0.25, 0.3) is 0 Å². The van der Waals surface area contributed by atoms with Crippen LogP contribution in [0.4, 0.5) is 4.39 Å². The molecule has 1 N–H and O–H groups in total. The standard InChI is InChI=1S/C13H17BrFNO3/c1-18-7-6-9(8-14)16-13(17)12-10(15)4-3-5-11(12)19-2/h3-5,9H,6-8H2,1-2H3,(H,16,17). The predicted octanol–water partition coefficient (Wildman–Crippen LogP) is 2.36. The number of methoxy groups -OCH3 is 2. The Morgan fingerprint density at radius 2 is 2.21 bits per heavy atom. The van der Waals surface area contributed by atoms with Gasteiger partial charge in [-0.1, -0.05) is 22.0 Å². The summed E-state index contributed by atoms with van der Waals surface area (Å²) in [4.78, 5) is 12.1. The molecule has 1 unspecified atom stereocenters. The van der Waals surface area contributed by atoms with Gasteiger partial charge in [0.15, 0.2) is 0 Å². The monoisotopic (exact) mass is 333 g/mol. The lowest BCUT2D eigenvalue weighted by atomic mass is 10.1. The second-order valence-corrected chi connectivity index (χ2v) is 4.57. The highest BCUT2D eigenvalue weighted by atomic mass is 79.9. The summed E-state index contributed by atoms with van der Waals surface area (Å²) < 4.78 is 23.7. The molecule has 0 aliphatic carbocycles. The summed E-state index contributed by atoms with van der Waals surface area (Å²) in [6.07, 6.45) is 0.643. The van der Waals surface area contributed by atoms with Gasteiger partial charge in [0, 0.05) is 25.1 Å². The molecule has 0 bridgehead atoms. The number of carbonyl (C=O) groups is 1. The molecule has 1 aromatic carbocycles. The summed E-state index contributed by atoms with van der Waals surface area (Å²) in [6.45, 7) is 0.519. The maximum absolute atomic E-state index is 13.7. The van der Waals surface area contributed by atoms with E-state index in [9.17, 15) is 9.18 Å². The first-order valence-corrected chi connectivity index (χ1v) is 6.94. The maximum Gasteiger partial charge on any atom is 0.258 e. The topological polar surface area (TPSA) is 47.6 Å². The number of rotatable bonds is 7. The van der Waals surface area contributed by atoms with Gasteiger partial charge >= 0.3 is 0 Å². The van der Waals surface area contributed by atoms with E-state index in [1.807, 2.05) is 0 Å². The van der Waals surface area contributed by atoms with Crippen LogP contribution in [-0.2, 0) is 4.74 Å². The number of halogens is 2. The Morgan fingerprint density at radius 1 is 1.47 bits per heavy atom. The zero-order valence-corrected chi connectivity index (χ0v) is 12.5. The summed E-state index contributed by atoms with van der Waals surface area (Å²) in [5.41, 5.74) is -0.0756. The fourth-order valence-corrected chi connectivity index (χ4v) is 2.09. The molecule has 4 nitrogen and oxygen atoms in total. The first kappa shape index (κ1) is 15.9. The normalized spacial score (nSPS) is 12.0. The Kier molecular flexibility index (Phi) is 6.80. The van der Waals surface area contributed by atoms with Crippen molar-refractivity contribution in [2.24, 2.45) is 0 Å². The Bertz CT molecular complexity index is 428. The third kappa shape index (κ3) is 4.47. The molecule has 0 radical (unpaired) electrons. The van der Waals surface area contributed by atoms with Crippen LogP contribution in [0.5, 0.6) is 5.75 Å². The second kappa shape index (κ2) is 8.12. The van der Waals surface area contributed by atoms with Crippen LogP contribution in [0, 0.1) is 5.82 Å². The Morgan fingerprint density at radius 3 is 2.79 bits per heavy atom. The molecule has 1 rings (SSSR count). The average Bonchev–Trinajstić information content (AvgIpc) is 2.42. The summed E-state index contributed by atoms with van der Waals surface area (Å²) in [7, 11) is 2.99. The van der Waals surface area contributed by atoms with E-state index in [4.69, 9.17) is 9.47 Å². The van der Waals surface area contributed by atoms with Gasteiger partial charge in [0.25, 0.3) is 5.91 Å². The van der Waals surface area contributed by atoms with Gasteiger partial charge in [-0.05, 0) is 18.6 Å². The van der Waals surface area contributed by atoms with E-state index >= 15 is 0 Å². The van der Waals surface area contributed by atoms with E-state index in [1.165, 1.54) is 19.2 Å². The largest absolute Gasteiger partial charge is 0.496 e. The van der Waals surface area contributed by atoms with Crippen LogP contribution in [0.15, 0.2) is 18.2 Å². The fraction of sp³-hybridized carbons (Fsp3) is 0.462. The number of ether oxygens (including phenoxy) is 2. The molecule has 0 aliphatic heterocycles.